The van der Waals surface area contributed by atoms with Crippen molar-refractivity contribution in [2.75, 3.05) is 19.6 Å². The van der Waals surface area contributed by atoms with Crippen LogP contribution in [0.25, 0.3) is 0 Å². The van der Waals surface area contributed by atoms with Gasteiger partial charge < -0.3 is 10.0 Å². The molecule has 0 aromatic heterocycles. The van der Waals surface area contributed by atoms with Gasteiger partial charge in [-0.15, -0.1) is 0 Å². The van der Waals surface area contributed by atoms with Crippen molar-refractivity contribution in [3.05, 3.63) is 101 Å². The topological polar surface area (TPSA) is 43.8 Å². The third-order valence-corrected chi connectivity index (χ3v) is 9.44. The van der Waals surface area contributed by atoms with Crippen molar-refractivity contribution in [3.63, 3.8) is 0 Å². The molecule has 2 bridgehead atoms. The lowest BCUT2D eigenvalue weighted by Crippen LogP contribution is -2.58. The number of carbonyl (C=O) groups excluding carboxylic acids is 1. The van der Waals surface area contributed by atoms with Crippen molar-refractivity contribution in [3.8, 4) is 5.75 Å². The molecule has 1 N–H and O–H groups in total. The normalized spacial score (nSPS) is 27.3. The SMILES string of the molecule is C[C@H]1[C@H]2Cc3ccc(O)cc3[C@]1(C)CCN2CCC(=O)N1CCc2ccccc2C1c1ccccc1. The largest absolute Gasteiger partial charge is 0.508 e. The number of phenols is 1. The van der Waals surface area contributed by atoms with Gasteiger partial charge in [0.15, 0.2) is 0 Å². The fourth-order valence-electron chi connectivity index (χ4n) is 7.19. The molecule has 4 nitrogen and oxygen atoms in total. The lowest BCUT2D eigenvalue weighted by molar-refractivity contribution is -0.134. The molecule has 4 atom stereocenters. The fourth-order valence-corrected chi connectivity index (χ4v) is 7.19. The van der Waals surface area contributed by atoms with E-state index in [0.717, 1.165) is 38.9 Å². The molecular weight excluding hydrogens is 444 g/mol. The maximum absolute atomic E-state index is 13.8. The summed E-state index contributed by atoms with van der Waals surface area (Å²) in [6, 6.07) is 25.4. The van der Waals surface area contributed by atoms with E-state index in [1.54, 1.807) is 0 Å². The average Bonchev–Trinajstić information content (AvgIpc) is 2.90. The first-order valence-electron chi connectivity index (χ1n) is 13.4. The van der Waals surface area contributed by atoms with E-state index in [2.05, 4.69) is 78.2 Å². The molecular formula is C32H36N2O2. The average molecular weight is 481 g/mol. The van der Waals surface area contributed by atoms with Crippen LogP contribution in [-0.2, 0) is 23.1 Å². The van der Waals surface area contributed by atoms with Crippen LogP contribution in [0.1, 0.15) is 60.5 Å². The number of amides is 1. The first-order valence-corrected chi connectivity index (χ1v) is 13.4. The summed E-state index contributed by atoms with van der Waals surface area (Å²) in [7, 11) is 0. The Morgan fingerprint density at radius 1 is 1.00 bits per heavy atom. The number of rotatable bonds is 4. The summed E-state index contributed by atoms with van der Waals surface area (Å²) >= 11 is 0. The van der Waals surface area contributed by atoms with E-state index in [1.807, 2.05) is 18.2 Å². The number of hydrogen-bond donors (Lipinski definition) is 1. The van der Waals surface area contributed by atoms with E-state index in [4.69, 9.17) is 0 Å². The summed E-state index contributed by atoms with van der Waals surface area (Å²) < 4.78 is 0. The van der Waals surface area contributed by atoms with E-state index in [1.165, 1.54) is 27.8 Å². The molecule has 0 radical (unpaired) electrons. The molecule has 0 spiro atoms. The molecule has 36 heavy (non-hydrogen) atoms. The maximum Gasteiger partial charge on any atom is 0.224 e. The molecule has 2 aliphatic heterocycles. The van der Waals surface area contributed by atoms with Crippen molar-refractivity contribution in [2.45, 2.75) is 57.0 Å². The van der Waals surface area contributed by atoms with Crippen LogP contribution in [0, 0.1) is 5.92 Å². The highest BCUT2D eigenvalue weighted by Gasteiger charge is 2.48. The number of phenolic OH excluding ortho intramolecular Hbond substituents is 1. The highest BCUT2D eigenvalue weighted by atomic mass is 16.3. The Morgan fingerprint density at radius 2 is 1.78 bits per heavy atom. The molecule has 4 heteroatoms. The summed E-state index contributed by atoms with van der Waals surface area (Å²) in [5.74, 6) is 1.10. The summed E-state index contributed by atoms with van der Waals surface area (Å²) in [5.41, 5.74) is 6.55. The molecule has 2 heterocycles. The van der Waals surface area contributed by atoms with Gasteiger partial charge >= 0.3 is 0 Å². The minimum atomic E-state index is -0.0125. The highest BCUT2D eigenvalue weighted by Crippen LogP contribution is 2.49. The number of piperidine rings is 1. The van der Waals surface area contributed by atoms with Gasteiger partial charge in [0.05, 0.1) is 6.04 Å². The molecule has 186 valence electrons. The van der Waals surface area contributed by atoms with Gasteiger partial charge in [0.25, 0.3) is 0 Å². The predicted octanol–water partition coefficient (Wildman–Crippen LogP) is 5.48. The Morgan fingerprint density at radius 3 is 2.61 bits per heavy atom. The van der Waals surface area contributed by atoms with Crippen molar-refractivity contribution in [2.24, 2.45) is 5.92 Å². The number of fused-ring (bicyclic) bond motifs is 5. The monoisotopic (exact) mass is 480 g/mol. The van der Waals surface area contributed by atoms with E-state index in [9.17, 15) is 9.90 Å². The van der Waals surface area contributed by atoms with Crippen LogP contribution < -0.4 is 0 Å². The van der Waals surface area contributed by atoms with Gasteiger partial charge in [-0.3, -0.25) is 9.69 Å². The van der Waals surface area contributed by atoms with E-state index >= 15 is 0 Å². The summed E-state index contributed by atoms with van der Waals surface area (Å²) in [4.78, 5) is 18.4. The molecule has 6 rings (SSSR count). The number of likely N-dealkylation sites (tertiary alicyclic amines) is 1. The lowest BCUT2D eigenvalue weighted by atomic mass is 9.59. The van der Waals surface area contributed by atoms with E-state index in [0.29, 0.717) is 24.1 Å². The Balaban J connectivity index is 1.21. The first-order chi connectivity index (χ1) is 17.5. The molecule has 3 aliphatic rings. The van der Waals surface area contributed by atoms with Crippen molar-refractivity contribution in [1.29, 1.82) is 0 Å². The van der Waals surface area contributed by atoms with Gasteiger partial charge in [-0.1, -0.05) is 74.5 Å². The third kappa shape index (κ3) is 3.83. The second kappa shape index (κ2) is 9.08. The third-order valence-electron chi connectivity index (χ3n) is 9.44. The quantitative estimate of drug-likeness (QED) is 0.538. The van der Waals surface area contributed by atoms with Gasteiger partial charge in [-0.2, -0.15) is 0 Å². The summed E-state index contributed by atoms with van der Waals surface area (Å²) in [6.07, 6.45) is 3.51. The number of carbonyl (C=O) groups is 1. The van der Waals surface area contributed by atoms with Crippen molar-refractivity contribution < 1.29 is 9.90 Å². The zero-order valence-corrected chi connectivity index (χ0v) is 21.4. The van der Waals surface area contributed by atoms with Crippen LogP contribution in [0.2, 0.25) is 0 Å². The van der Waals surface area contributed by atoms with Crippen LogP contribution in [0.4, 0.5) is 0 Å². The van der Waals surface area contributed by atoms with Crippen LogP contribution in [-0.4, -0.2) is 46.5 Å². The van der Waals surface area contributed by atoms with E-state index in [-0.39, 0.29) is 17.4 Å². The molecule has 1 saturated heterocycles. The van der Waals surface area contributed by atoms with Crippen LogP contribution in [0.5, 0.6) is 5.75 Å². The molecule has 3 aromatic rings. The van der Waals surface area contributed by atoms with Crippen LogP contribution in [0.3, 0.4) is 0 Å². The molecule has 3 aromatic carbocycles. The molecule has 0 saturated carbocycles. The summed E-state index contributed by atoms with van der Waals surface area (Å²) in [6.45, 7) is 7.29. The molecule has 1 fully saturated rings. The maximum atomic E-state index is 13.8. The number of hydrogen-bond acceptors (Lipinski definition) is 3. The number of nitrogens with zero attached hydrogens (tertiary/aromatic N) is 2. The zero-order valence-electron chi connectivity index (χ0n) is 21.4. The Kier molecular flexibility index (Phi) is 5.88. The zero-order chi connectivity index (χ0) is 24.9. The van der Waals surface area contributed by atoms with Gasteiger partial charge in [0.2, 0.25) is 5.91 Å². The number of benzene rings is 3. The van der Waals surface area contributed by atoms with Gasteiger partial charge in [-0.05, 0) is 77.1 Å². The smallest absolute Gasteiger partial charge is 0.224 e. The Bertz CT molecular complexity index is 1270. The molecule has 1 aliphatic carbocycles. The minimum absolute atomic E-state index is 0.0125. The van der Waals surface area contributed by atoms with Crippen LogP contribution in [0.15, 0.2) is 72.8 Å². The predicted molar refractivity (Wildman–Crippen MR) is 143 cm³/mol. The Hall–Kier alpha value is -3.11. The lowest BCUT2D eigenvalue weighted by Gasteiger charge is -2.54. The molecule has 1 unspecified atom stereocenters. The minimum Gasteiger partial charge on any atom is -0.508 e. The highest BCUT2D eigenvalue weighted by molar-refractivity contribution is 5.78. The Labute approximate surface area is 214 Å². The number of aromatic hydroxyl groups is 1. The fraction of sp³-hybridized carbons (Fsp3) is 0.406. The molecule has 1 amide bonds. The summed E-state index contributed by atoms with van der Waals surface area (Å²) in [5, 5.41) is 10.1. The van der Waals surface area contributed by atoms with Gasteiger partial charge in [0.1, 0.15) is 5.75 Å². The van der Waals surface area contributed by atoms with Crippen LogP contribution >= 0.6 is 0 Å². The van der Waals surface area contributed by atoms with Gasteiger partial charge in [0, 0.05) is 25.6 Å². The van der Waals surface area contributed by atoms with E-state index < -0.39 is 0 Å². The van der Waals surface area contributed by atoms with Crippen molar-refractivity contribution >= 4 is 5.91 Å². The first kappa shape index (κ1) is 23.3. The standard InChI is InChI=1S/C32H36N2O2/c1-22-29-20-25-12-13-26(35)21-28(25)32(22,2)16-19-33(29)17-15-30(36)34-18-14-23-8-6-7-11-27(23)31(34)24-9-4-3-5-10-24/h3-13,21-22,29,31,35H,14-20H2,1-2H3/t22-,29+,31?,32+/m0/s1. The van der Waals surface area contributed by atoms with Gasteiger partial charge in [-0.25, -0.2) is 0 Å². The second-order valence-electron chi connectivity index (χ2n) is 11.2. The van der Waals surface area contributed by atoms with Crippen molar-refractivity contribution in [1.82, 2.24) is 9.80 Å². The second-order valence-corrected chi connectivity index (χ2v) is 11.2.